The number of carbonyl (C=O) groups excluding carboxylic acids is 1. The van der Waals surface area contributed by atoms with E-state index in [0.29, 0.717) is 11.1 Å². The number of halogens is 2. The Bertz CT molecular complexity index is 1370. The van der Waals surface area contributed by atoms with E-state index in [2.05, 4.69) is 20.5 Å². The second-order valence-corrected chi connectivity index (χ2v) is 8.27. The zero-order valence-corrected chi connectivity index (χ0v) is 19.2. The maximum absolute atomic E-state index is 12.8. The lowest BCUT2D eigenvalue weighted by atomic mass is 9.97. The van der Waals surface area contributed by atoms with Crippen LogP contribution < -0.4 is 5.32 Å². The Morgan fingerprint density at radius 3 is 2.45 bits per heavy atom. The van der Waals surface area contributed by atoms with Crippen molar-refractivity contribution in [3.8, 4) is 11.3 Å². The Morgan fingerprint density at radius 2 is 1.82 bits per heavy atom. The second-order valence-electron chi connectivity index (χ2n) is 7.46. The minimum Gasteiger partial charge on any atom is -0.480 e. The molecule has 0 saturated heterocycles. The molecule has 2 N–H and O–H groups in total. The average Bonchev–Trinajstić information content (AvgIpc) is 3.10. The third kappa shape index (κ3) is 4.53. The van der Waals surface area contributed by atoms with Gasteiger partial charge in [-0.05, 0) is 30.7 Å². The van der Waals surface area contributed by atoms with Crippen molar-refractivity contribution in [2.45, 2.75) is 19.4 Å². The smallest absolute Gasteiger partial charge is 0.326 e. The number of aliphatic carboxylic acids is 1. The molecular weight excluding hydrogens is 465 g/mol. The molecular formula is C23H19Cl2N5O3. The molecule has 4 aromatic rings. The van der Waals surface area contributed by atoms with Crippen molar-refractivity contribution >= 4 is 46.0 Å². The van der Waals surface area contributed by atoms with Crippen LogP contribution in [0, 0.1) is 6.92 Å². The van der Waals surface area contributed by atoms with E-state index in [9.17, 15) is 14.7 Å². The molecule has 0 bridgehead atoms. The van der Waals surface area contributed by atoms with Gasteiger partial charge in [-0.1, -0.05) is 47.5 Å². The minimum atomic E-state index is -1.22. The van der Waals surface area contributed by atoms with E-state index in [1.807, 2.05) is 19.1 Å². The molecule has 0 radical (unpaired) electrons. The summed E-state index contributed by atoms with van der Waals surface area (Å²) < 4.78 is 0. The lowest BCUT2D eigenvalue weighted by molar-refractivity contribution is -0.139. The molecule has 0 fully saturated rings. The molecule has 2 aromatic heterocycles. The van der Waals surface area contributed by atoms with E-state index in [1.54, 1.807) is 31.4 Å². The van der Waals surface area contributed by atoms with Gasteiger partial charge in [-0.25, -0.2) is 4.79 Å². The first-order valence-electron chi connectivity index (χ1n) is 9.99. The van der Waals surface area contributed by atoms with Gasteiger partial charge in [0.25, 0.3) is 5.91 Å². The molecule has 2 aromatic carbocycles. The van der Waals surface area contributed by atoms with Crippen molar-refractivity contribution < 1.29 is 14.7 Å². The first-order chi connectivity index (χ1) is 15.8. The quantitative estimate of drug-likeness (QED) is 0.427. The van der Waals surface area contributed by atoms with Crippen molar-refractivity contribution in [3.05, 3.63) is 75.5 Å². The Kier molecular flexibility index (Phi) is 6.31. The number of hydrogen-bond acceptors (Lipinski definition) is 5. The maximum Gasteiger partial charge on any atom is 0.326 e. The first kappa shape index (κ1) is 22.7. The van der Waals surface area contributed by atoms with Gasteiger partial charge in [0.05, 0.1) is 26.8 Å². The predicted octanol–water partition coefficient (Wildman–Crippen LogP) is 4.07. The van der Waals surface area contributed by atoms with Crippen molar-refractivity contribution in [1.29, 1.82) is 0 Å². The van der Waals surface area contributed by atoms with Gasteiger partial charge in [0.15, 0.2) is 0 Å². The van der Waals surface area contributed by atoms with Crippen LogP contribution in [0.15, 0.2) is 48.7 Å². The number of amides is 1. The van der Waals surface area contributed by atoms with Crippen LogP contribution in [-0.2, 0) is 18.3 Å². The molecule has 33 heavy (non-hydrogen) atoms. The Labute approximate surface area is 199 Å². The number of nitrogens with one attached hydrogen (secondary N) is 1. The van der Waals surface area contributed by atoms with E-state index in [-0.39, 0.29) is 22.0 Å². The highest BCUT2D eigenvalue weighted by Crippen LogP contribution is 2.31. The number of carboxylic acid groups (broad SMARTS) is 1. The third-order valence-electron chi connectivity index (χ3n) is 5.21. The van der Waals surface area contributed by atoms with Gasteiger partial charge in [0.2, 0.25) is 0 Å². The van der Waals surface area contributed by atoms with Gasteiger partial charge in [0, 0.05) is 30.6 Å². The molecule has 0 aliphatic rings. The summed E-state index contributed by atoms with van der Waals surface area (Å²) in [7, 11) is 1.75. The molecule has 4 rings (SSSR count). The van der Waals surface area contributed by atoms with Gasteiger partial charge < -0.3 is 10.4 Å². The zero-order chi connectivity index (χ0) is 23.7. The topological polar surface area (TPSA) is 110 Å². The molecule has 0 spiro atoms. The van der Waals surface area contributed by atoms with Crippen LogP contribution >= 0.6 is 23.2 Å². The maximum atomic E-state index is 12.8. The standard InChI is InChI=1S/C23H19Cl2N5O3/c1-12-20(29-30(2)28-12)15-9-8-13(21-14(15)5-4-10-26-21)11-18(23(32)33)27-22(31)19-16(24)6-3-7-17(19)25/h3-10,18H,11H2,1-2H3,(H,27,31)(H,32,33)/t18-/m0/s1. The summed E-state index contributed by atoms with van der Waals surface area (Å²) in [5.41, 5.74) is 3.64. The summed E-state index contributed by atoms with van der Waals surface area (Å²) in [6.45, 7) is 1.87. The van der Waals surface area contributed by atoms with E-state index in [4.69, 9.17) is 23.2 Å². The monoisotopic (exact) mass is 483 g/mol. The zero-order valence-electron chi connectivity index (χ0n) is 17.7. The van der Waals surface area contributed by atoms with Gasteiger partial charge in [-0.3, -0.25) is 9.78 Å². The Balaban J connectivity index is 1.70. The fourth-order valence-electron chi connectivity index (χ4n) is 3.72. The number of pyridine rings is 1. The number of carboxylic acids is 1. The summed E-state index contributed by atoms with van der Waals surface area (Å²) in [5.74, 6) is -1.86. The number of benzene rings is 2. The normalized spacial score (nSPS) is 12.0. The molecule has 168 valence electrons. The van der Waals surface area contributed by atoms with Gasteiger partial charge >= 0.3 is 5.97 Å². The van der Waals surface area contributed by atoms with Crippen molar-refractivity contribution in [2.24, 2.45) is 7.05 Å². The van der Waals surface area contributed by atoms with E-state index in [0.717, 1.165) is 22.3 Å². The molecule has 1 amide bonds. The van der Waals surface area contributed by atoms with E-state index < -0.39 is 17.9 Å². The SMILES string of the molecule is Cc1nn(C)nc1-c1ccc(C[C@H](NC(=O)c2c(Cl)cccc2Cl)C(=O)O)c2ncccc12. The van der Waals surface area contributed by atoms with Crippen LogP contribution in [0.2, 0.25) is 10.0 Å². The molecule has 8 nitrogen and oxygen atoms in total. The number of hydrogen-bond donors (Lipinski definition) is 2. The van der Waals surface area contributed by atoms with Crippen molar-refractivity contribution in [1.82, 2.24) is 25.3 Å². The van der Waals surface area contributed by atoms with E-state index in [1.165, 1.54) is 16.9 Å². The summed E-state index contributed by atoms with van der Waals surface area (Å²) in [6, 6.07) is 10.8. The predicted molar refractivity (Wildman–Crippen MR) is 126 cm³/mol. The molecule has 0 saturated carbocycles. The number of rotatable bonds is 6. The summed E-state index contributed by atoms with van der Waals surface area (Å²) >= 11 is 12.2. The lowest BCUT2D eigenvalue weighted by Gasteiger charge is -2.17. The van der Waals surface area contributed by atoms with Crippen LogP contribution in [0.3, 0.4) is 0 Å². The van der Waals surface area contributed by atoms with Crippen molar-refractivity contribution in [2.75, 3.05) is 0 Å². The largest absolute Gasteiger partial charge is 0.480 e. The van der Waals surface area contributed by atoms with Crippen LogP contribution in [-0.4, -0.2) is 43.0 Å². The Hall–Kier alpha value is -3.49. The number of aromatic nitrogens is 4. The van der Waals surface area contributed by atoms with Crippen LogP contribution in [0.5, 0.6) is 0 Å². The molecule has 0 unspecified atom stereocenters. The molecule has 1 atom stereocenters. The fourth-order valence-corrected chi connectivity index (χ4v) is 4.29. The highest BCUT2D eigenvalue weighted by Gasteiger charge is 2.25. The minimum absolute atomic E-state index is 0.0103. The molecule has 10 heteroatoms. The van der Waals surface area contributed by atoms with Crippen molar-refractivity contribution in [3.63, 3.8) is 0 Å². The van der Waals surface area contributed by atoms with Gasteiger partial charge in [-0.15, -0.1) is 0 Å². The van der Waals surface area contributed by atoms with E-state index >= 15 is 0 Å². The number of nitrogens with zero attached hydrogens (tertiary/aromatic N) is 4. The summed E-state index contributed by atoms with van der Waals surface area (Å²) in [5, 5.41) is 22.1. The average molecular weight is 484 g/mol. The molecule has 0 aliphatic heterocycles. The fraction of sp³-hybridized carbons (Fsp3) is 0.174. The second kappa shape index (κ2) is 9.17. The van der Waals surface area contributed by atoms with Crippen LogP contribution in [0.1, 0.15) is 21.6 Å². The number of aryl methyl sites for hydroxylation is 2. The van der Waals surface area contributed by atoms with Crippen LogP contribution in [0.4, 0.5) is 0 Å². The van der Waals surface area contributed by atoms with Gasteiger partial charge in [-0.2, -0.15) is 15.0 Å². The summed E-state index contributed by atoms with van der Waals surface area (Å²) in [6.07, 6.45) is 1.65. The lowest BCUT2D eigenvalue weighted by Crippen LogP contribution is -2.42. The third-order valence-corrected chi connectivity index (χ3v) is 5.84. The first-order valence-corrected chi connectivity index (χ1v) is 10.7. The highest BCUT2D eigenvalue weighted by molar-refractivity contribution is 6.39. The van der Waals surface area contributed by atoms with Crippen LogP contribution in [0.25, 0.3) is 22.2 Å². The number of carbonyl (C=O) groups is 2. The molecule has 0 aliphatic carbocycles. The Morgan fingerprint density at radius 1 is 1.09 bits per heavy atom. The summed E-state index contributed by atoms with van der Waals surface area (Å²) in [4.78, 5) is 30.7. The molecule has 2 heterocycles. The van der Waals surface area contributed by atoms with Gasteiger partial charge in [0.1, 0.15) is 11.7 Å². The highest BCUT2D eigenvalue weighted by atomic mass is 35.5. The number of fused-ring (bicyclic) bond motifs is 1.